The summed E-state index contributed by atoms with van der Waals surface area (Å²) in [6, 6.07) is 22.5. The molecule has 0 spiro atoms. The highest BCUT2D eigenvalue weighted by molar-refractivity contribution is 5.83. The maximum absolute atomic E-state index is 13.6. The fourth-order valence-corrected chi connectivity index (χ4v) is 5.03. The van der Waals surface area contributed by atoms with Crippen LogP contribution in [-0.2, 0) is 29.2 Å². The van der Waals surface area contributed by atoms with Gasteiger partial charge < -0.3 is 14.4 Å². The topological polar surface area (TPSA) is 120 Å². The number of carbonyl (C=O) groups is 1. The van der Waals surface area contributed by atoms with E-state index in [9.17, 15) is 14.0 Å². The number of pyridine rings is 1. The third-order valence-electron chi connectivity index (χ3n) is 7.16. The number of aromatic nitrogens is 4. The monoisotopic (exact) mass is 578 g/mol. The summed E-state index contributed by atoms with van der Waals surface area (Å²) < 4.78 is 26.5. The van der Waals surface area contributed by atoms with Gasteiger partial charge in [0.25, 0.3) is 5.56 Å². The van der Waals surface area contributed by atoms with Crippen LogP contribution in [0.4, 0.5) is 4.39 Å². The number of halogens is 1. The van der Waals surface area contributed by atoms with Gasteiger partial charge in [-0.2, -0.15) is 0 Å². The van der Waals surface area contributed by atoms with Crippen molar-refractivity contribution in [2.24, 2.45) is 0 Å². The van der Waals surface area contributed by atoms with Gasteiger partial charge in [-0.15, -0.1) is 0 Å². The molecule has 3 heterocycles. The molecule has 0 amide bonds. The van der Waals surface area contributed by atoms with Crippen LogP contribution < -0.4 is 5.56 Å². The predicted octanol–water partition coefficient (Wildman–Crippen LogP) is 6.24. The lowest BCUT2D eigenvalue weighted by Gasteiger charge is -2.14. The summed E-state index contributed by atoms with van der Waals surface area (Å²) in [4.78, 5) is 33.8. The average molecular weight is 579 g/mol. The normalized spacial score (nSPS) is 11.4. The lowest BCUT2D eigenvalue weighted by molar-refractivity contribution is -0.137. The van der Waals surface area contributed by atoms with E-state index in [0.29, 0.717) is 65.3 Å². The Hall–Kier alpha value is -5.22. The molecule has 0 radical (unpaired) electrons. The predicted molar refractivity (Wildman–Crippen MR) is 158 cm³/mol. The van der Waals surface area contributed by atoms with Crippen LogP contribution in [0.3, 0.4) is 0 Å². The highest BCUT2D eigenvalue weighted by Crippen LogP contribution is 2.25. The summed E-state index contributed by atoms with van der Waals surface area (Å²) in [6.07, 6.45) is 3.12. The number of aryl methyl sites for hydroxylation is 1. The molecule has 10 heteroatoms. The van der Waals surface area contributed by atoms with Gasteiger partial charge in [0, 0.05) is 36.1 Å². The van der Waals surface area contributed by atoms with Crippen LogP contribution >= 0.6 is 0 Å². The lowest BCUT2D eigenvalue weighted by Crippen LogP contribution is -2.24. The Balaban J connectivity index is 1.24. The van der Waals surface area contributed by atoms with E-state index in [4.69, 9.17) is 19.4 Å². The molecule has 0 aliphatic rings. The van der Waals surface area contributed by atoms with Gasteiger partial charge >= 0.3 is 5.97 Å². The summed E-state index contributed by atoms with van der Waals surface area (Å²) in [5, 5.41) is 14.6. The maximum atomic E-state index is 13.6. The van der Waals surface area contributed by atoms with E-state index >= 15 is 0 Å². The molecule has 9 nitrogen and oxygen atoms in total. The summed E-state index contributed by atoms with van der Waals surface area (Å²) in [6.45, 7) is 0.604. The highest BCUT2D eigenvalue weighted by atomic mass is 19.1. The van der Waals surface area contributed by atoms with E-state index in [2.05, 4.69) is 10.1 Å². The molecule has 0 aliphatic carbocycles. The molecule has 43 heavy (non-hydrogen) atoms. The van der Waals surface area contributed by atoms with Crippen molar-refractivity contribution >= 4 is 27.8 Å². The van der Waals surface area contributed by atoms with Gasteiger partial charge in [0.1, 0.15) is 23.9 Å². The zero-order valence-corrected chi connectivity index (χ0v) is 23.1. The van der Waals surface area contributed by atoms with Crippen molar-refractivity contribution in [2.45, 2.75) is 38.9 Å². The minimum absolute atomic E-state index is 0.0237. The fourth-order valence-electron chi connectivity index (χ4n) is 5.03. The van der Waals surface area contributed by atoms with Crippen molar-refractivity contribution in [3.8, 4) is 16.9 Å². The van der Waals surface area contributed by atoms with Crippen molar-refractivity contribution in [2.75, 3.05) is 0 Å². The molecule has 6 aromatic rings. The van der Waals surface area contributed by atoms with Crippen molar-refractivity contribution in [1.82, 2.24) is 19.7 Å². The Bertz CT molecular complexity index is 1980. The van der Waals surface area contributed by atoms with E-state index in [1.807, 2.05) is 30.3 Å². The molecule has 0 unspecified atom stereocenters. The molecule has 0 atom stereocenters. The smallest absolute Gasteiger partial charge is 0.303 e. The first kappa shape index (κ1) is 27.9. The standard InChI is InChI=1S/C33H27FN4O5/c34-23-10-12-24(13-11-23)38-31(7-3-4-8-32(39)40)36-30-17-21(9-14-27(30)33(38)41)29-18-25(43-37-29)20-42-19-22-15-16-35-28-6-2-1-5-26(22)28/h1-2,5-6,9-18H,3-4,7-8,19-20H2,(H,39,40). The molecule has 0 bridgehead atoms. The molecule has 0 saturated carbocycles. The summed E-state index contributed by atoms with van der Waals surface area (Å²) >= 11 is 0. The number of benzene rings is 3. The molecule has 0 fully saturated rings. The van der Waals surface area contributed by atoms with Gasteiger partial charge in [-0.3, -0.25) is 19.1 Å². The van der Waals surface area contributed by atoms with Gasteiger partial charge in [0.05, 0.1) is 28.7 Å². The number of ether oxygens (including phenoxy) is 1. The quantitative estimate of drug-likeness (QED) is 0.179. The van der Waals surface area contributed by atoms with Crippen molar-refractivity contribution in [1.29, 1.82) is 0 Å². The fraction of sp³-hybridized carbons (Fsp3) is 0.182. The number of hydrogen-bond acceptors (Lipinski definition) is 7. The Kier molecular flexibility index (Phi) is 8.01. The van der Waals surface area contributed by atoms with E-state index in [0.717, 1.165) is 16.5 Å². The molecule has 6 rings (SSSR count). The van der Waals surface area contributed by atoms with E-state index in [1.54, 1.807) is 30.5 Å². The molecular formula is C33H27FN4O5. The Morgan fingerprint density at radius 2 is 1.77 bits per heavy atom. The Morgan fingerprint density at radius 3 is 2.60 bits per heavy atom. The van der Waals surface area contributed by atoms with E-state index < -0.39 is 11.8 Å². The minimum atomic E-state index is -0.879. The van der Waals surface area contributed by atoms with Gasteiger partial charge in [-0.25, -0.2) is 9.37 Å². The first-order valence-electron chi connectivity index (χ1n) is 13.9. The van der Waals surface area contributed by atoms with Crippen LogP contribution in [0.1, 0.15) is 36.4 Å². The molecule has 3 aromatic carbocycles. The maximum Gasteiger partial charge on any atom is 0.303 e. The SMILES string of the molecule is O=C(O)CCCCc1nc2cc(-c3cc(COCc4ccnc5ccccc45)on3)ccc2c(=O)n1-c1ccc(F)cc1. The average Bonchev–Trinajstić information content (AvgIpc) is 3.49. The van der Waals surface area contributed by atoms with Crippen LogP contribution in [0.25, 0.3) is 38.8 Å². The highest BCUT2D eigenvalue weighted by Gasteiger charge is 2.16. The number of carboxylic acid groups (broad SMARTS) is 1. The number of nitrogens with zero attached hydrogens (tertiary/aromatic N) is 4. The van der Waals surface area contributed by atoms with Gasteiger partial charge in [-0.05, 0) is 66.9 Å². The number of fused-ring (bicyclic) bond motifs is 2. The molecule has 0 aliphatic heterocycles. The molecule has 1 N–H and O–H groups in total. The van der Waals surface area contributed by atoms with Crippen LogP contribution in [0.5, 0.6) is 0 Å². The number of carboxylic acids is 1. The molecular weight excluding hydrogens is 551 g/mol. The van der Waals surface area contributed by atoms with Crippen molar-refractivity contribution < 1.29 is 23.6 Å². The van der Waals surface area contributed by atoms with Crippen LogP contribution in [0.15, 0.2) is 94.4 Å². The Morgan fingerprint density at radius 1 is 0.930 bits per heavy atom. The number of unbranched alkanes of at least 4 members (excludes halogenated alkanes) is 1. The molecule has 216 valence electrons. The molecule has 3 aromatic heterocycles. The number of aliphatic carboxylic acids is 1. The van der Waals surface area contributed by atoms with Crippen LogP contribution in [0.2, 0.25) is 0 Å². The van der Waals surface area contributed by atoms with Crippen molar-refractivity contribution in [3.63, 3.8) is 0 Å². The summed E-state index contributed by atoms with van der Waals surface area (Å²) in [7, 11) is 0. The van der Waals surface area contributed by atoms with Gasteiger partial charge in [-0.1, -0.05) is 29.4 Å². The third-order valence-corrected chi connectivity index (χ3v) is 7.16. The van der Waals surface area contributed by atoms with Gasteiger partial charge in [0.2, 0.25) is 0 Å². The van der Waals surface area contributed by atoms with Gasteiger partial charge in [0.15, 0.2) is 5.76 Å². The van der Waals surface area contributed by atoms with Crippen molar-refractivity contribution in [3.05, 3.63) is 118 Å². The van der Waals surface area contributed by atoms with Crippen LogP contribution in [0, 0.1) is 5.82 Å². The van der Waals surface area contributed by atoms with E-state index in [1.165, 1.54) is 28.8 Å². The third kappa shape index (κ3) is 6.19. The largest absolute Gasteiger partial charge is 0.481 e. The summed E-state index contributed by atoms with van der Waals surface area (Å²) in [5.41, 5.74) is 3.88. The number of rotatable bonds is 11. The van der Waals surface area contributed by atoms with E-state index in [-0.39, 0.29) is 18.6 Å². The second kappa shape index (κ2) is 12.3. The molecule has 0 saturated heterocycles. The lowest BCUT2D eigenvalue weighted by atomic mass is 10.1. The zero-order chi connectivity index (χ0) is 29.8. The number of hydrogen-bond donors (Lipinski definition) is 1. The number of para-hydroxylation sites is 1. The summed E-state index contributed by atoms with van der Waals surface area (Å²) in [5.74, 6) is -0.284. The second-order valence-electron chi connectivity index (χ2n) is 10.1. The Labute approximate surface area is 245 Å². The second-order valence-corrected chi connectivity index (χ2v) is 10.1. The minimum Gasteiger partial charge on any atom is -0.481 e. The first-order chi connectivity index (χ1) is 21.0. The first-order valence-corrected chi connectivity index (χ1v) is 13.9. The zero-order valence-electron chi connectivity index (χ0n) is 23.1. The van der Waals surface area contributed by atoms with Crippen LogP contribution in [-0.4, -0.2) is 30.8 Å².